The number of carboxylic acids is 1. The maximum absolute atomic E-state index is 12.5. The van der Waals surface area contributed by atoms with Crippen molar-refractivity contribution in [3.05, 3.63) is 23.8 Å². The summed E-state index contributed by atoms with van der Waals surface area (Å²) in [6.45, 7) is 14.0. The Balaban J connectivity index is 3.39. The molecule has 11 nitrogen and oxygen atoms in total. The molecule has 0 heterocycles. The summed E-state index contributed by atoms with van der Waals surface area (Å²) in [5, 5.41) is 9.71. The van der Waals surface area contributed by atoms with Crippen LogP contribution in [0.25, 0.3) is 0 Å². The first-order chi connectivity index (χ1) is 18.6. The molecule has 3 N–H and O–H groups in total. The van der Waals surface area contributed by atoms with E-state index in [0.717, 1.165) is 12.8 Å². The number of benzene rings is 1. The Labute approximate surface area is 236 Å². The lowest BCUT2D eigenvalue weighted by atomic mass is 9.82. The van der Waals surface area contributed by atoms with Gasteiger partial charge in [-0.1, -0.05) is 39.7 Å². The van der Waals surface area contributed by atoms with E-state index >= 15 is 0 Å². The summed E-state index contributed by atoms with van der Waals surface area (Å²) < 4.78 is 26.7. The molecule has 0 aromatic heterocycles. The highest BCUT2D eigenvalue weighted by atomic mass is 16.7. The molecule has 1 aromatic carbocycles. The molecule has 0 fully saturated rings. The minimum Gasteiger partial charge on any atom is -0.480 e. The lowest BCUT2D eigenvalue weighted by Gasteiger charge is -2.29. The Morgan fingerprint density at radius 1 is 0.875 bits per heavy atom. The number of hydrogen-bond donors (Lipinski definition) is 2. The largest absolute Gasteiger partial charge is 0.514 e. The van der Waals surface area contributed by atoms with Gasteiger partial charge in [-0.05, 0) is 71.1 Å². The van der Waals surface area contributed by atoms with E-state index in [1.54, 1.807) is 41.5 Å². The summed E-state index contributed by atoms with van der Waals surface area (Å²) in [6.07, 6.45) is -0.00712. The van der Waals surface area contributed by atoms with Crippen LogP contribution in [0.5, 0.6) is 11.5 Å². The molecule has 0 aliphatic rings. The van der Waals surface area contributed by atoms with E-state index in [2.05, 4.69) is 0 Å². The van der Waals surface area contributed by atoms with Gasteiger partial charge in [0, 0.05) is 5.92 Å². The Kier molecular flexibility index (Phi) is 13.9. The van der Waals surface area contributed by atoms with Crippen molar-refractivity contribution < 1.29 is 48.0 Å². The van der Waals surface area contributed by atoms with E-state index in [0.29, 0.717) is 18.4 Å². The molecule has 0 saturated carbocycles. The molecule has 1 rings (SSSR count). The first kappa shape index (κ1) is 34.7. The Morgan fingerprint density at radius 2 is 1.38 bits per heavy atom. The molecular formula is C29H45NO10. The number of hydrogen-bond acceptors (Lipinski definition) is 10. The Hall–Kier alpha value is -3.34. The summed E-state index contributed by atoms with van der Waals surface area (Å²) in [5.74, 6) is -3.46. The van der Waals surface area contributed by atoms with Crippen LogP contribution < -0.4 is 15.2 Å². The highest BCUT2D eigenvalue weighted by molar-refractivity contribution is 5.76. The van der Waals surface area contributed by atoms with Crippen LogP contribution in [-0.2, 0) is 23.8 Å². The zero-order valence-electron chi connectivity index (χ0n) is 24.9. The zero-order chi connectivity index (χ0) is 30.6. The van der Waals surface area contributed by atoms with E-state index in [1.165, 1.54) is 18.2 Å². The zero-order valence-corrected chi connectivity index (χ0v) is 24.9. The van der Waals surface area contributed by atoms with Gasteiger partial charge < -0.3 is 34.5 Å². The van der Waals surface area contributed by atoms with Crippen LogP contribution >= 0.6 is 0 Å². The fourth-order valence-electron chi connectivity index (χ4n) is 3.95. The van der Waals surface area contributed by atoms with Crippen LogP contribution in [0.3, 0.4) is 0 Å². The number of rotatable bonds is 14. The summed E-state index contributed by atoms with van der Waals surface area (Å²) in [5.41, 5.74) is 5.67. The van der Waals surface area contributed by atoms with Gasteiger partial charge in [0.05, 0.1) is 12.0 Å². The summed E-state index contributed by atoms with van der Waals surface area (Å²) in [4.78, 5) is 49.1. The van der Waals surface area contributed by atoms with Crippen molar-refractivity contribution in [2.45, 2.75) is 105 Å². The van der Waals surface area contributed by atoms with Crippen molar-refractivity contribution in [3.8, 4) is 11.5 Å². The van der Waals surface area contributed by atoms with E-state index in [-0.39, 0.29) is 18.1 Å². The van der Waals surface area contributed by atoms with E-state index in [1.807, 2.05) is 13.8 Å². The molecular weight excluding hydrogens is 522 g/mol. The first-order valence-electron chi connectivity index (χ1n) is 13.7. The maximum atomic E-state index is 12.5. The first-order valence-corrected chi connectivity index (χ1v) is 13.7. The van der Waals surface area contributed by atoms with Crippen molar-refractivity contribution in [1.29, 1.82) is 0 Å². The summed E-state index contributed by atoms with van der Waals surface area (Å²) >= 11 is 0. The summed E-state index contributed by atoms with van der Waals surface area (Å²) in [7, 11) is 0. The third-order valence-electron chi connectivity index (χ3n) is 6.10. The fraction of sp³-hybridized carbons (Fsp3) is 0.655. The molecule has 0 aliphatic heterocycles. The normalized spacial score (nSPS) is 15.1. The van der Waals surface area contributed by atoms with Crippen LogP contribution in [0, 0.1) is 11.3 Å². The van der Waals surface area contributed by atoms with E-state index in [9.17, 15) is 24.3 Å². The molecule has 11 heteroatoms. The van der Waals surface area contributed by atoms with Gasteiger partial charge in [0.25, 0.3) is 0 Å². The Bertz CT molecular complexity index is 1000. The summed E-state index contributed by atoms with van der Waals surface area (Å²) in [6, 6.07) is 2.83. The monoisotopic (exact) mass is 567 g/mol. The van der Waals surface area contributed by atoms with Gasteiger partial charge in [-0.3, -0.25) is 9.59 Å². The molecule has 0 radical (unpaired) electrons. The third kappa shape index (κ3) is 11.4. The average Bonchev–Trinajstić information content (AvgIpc) is 2.83. The number of carbonyl (C=O) groups is 4. The van der Waals surface area contributed by atoms with Crippen LogP contribution in [-0.4, -0.2) is 54.2 Å². The predicted octanol–water partition coefficient (Wildman–Crippen LogP) is 5.82. The maximum Gasteiger partial charge on any atom is 0.514 e. The van der Waals surface area contributed by atoms with Gasteiger partial charge in [0.15, 0.2) is 11.5 Å². The van der Waals surface area contributed by atoms with E-state index in [4.69, 9.17) is 29.4 Å². The van der Waals surface area contributed by atoms with E-state index < -0.39 is 59.7 Å². The van der Waals surface area contributed by atoms with Crippen molar-refractivity contribution in [1.82, 2.24) is 0 Å². The van der Waals surface area contributed by atoms with Crippen LogP contribution in [0.15, 0.2) is 18.2 Å². The van der Waals surface area contributed by atoms with Gasteiger partial charge >= 0.3 is 24.2 Å². The second-order valence-corrected chi connectivity index (χ2v) is 11.1. The van der Waals surface area contributed by atoms with Crippen molar-refractivity contribution in [2.75, 3.05) is 6.61 Å². The molecule has 0 saturated heterocycles. The minimum absolute atomic E-state index is 0.103. The minimum atomic E-state index is -1.39. The average molecular weight is 568 g/mol. The van der Waals surface area contributed by atoms with Gasteiger partial charge in [0.2, 0.25) is 0 Å². The smallest absolute Gasteiger partial charge is 0.480 e. The molecule has 0 bridgehead atoms. The standard InChI is InChI=1S/C29H45NO10/c1-9-11-18(4)37-27(34)39-21-14-13-20(15-22(21)40-28(35)38-19(5)12-10-2)23(24(30)25(31)32)17(3)16-36-26(33)29(6,7)8/h13-15,17-19,23-24H,9-12,16,30H2,1-8H3,(H,31,32)/t17?,18?,19?,23?,24-/m0/s1. The van der Waals surface area contributed by atoms with Crippen LogP contribution in [0.4, 0.5) is 9.59 Å². The highest BCUT2D eigenvalue weighted by Crippen LogP contribution is 2.36. The number of nitrogens with two attached hydrogens (primary N) is 1. The number of carbonyl (C=O) groups excluding carboxylic acids is 3. The molecule has 226 valence electrons. The molecule has 5 atom stereocenters. The Morgan fingerprint density at radius 3 is 1.82 bits per heavy atom. The fourth-order valence-corrected chi connectivity index (χ4v) is 3.95. The molecule has 1 aromatic rings. The molecule has 0 amide bonds. The topological polar surface area (TPSA) is 161 Å². The number of carboxylic acid groups (broad SMARTS) is 1. The van der Waals surface area contributed by atoms with Crippen LogP contribution in [0.1, 0.15) is 92.6 Å². The van der Waals surface area contributed by atoms with Gasteiger partial charge in [-0.25, -0.2) is 9.59 Å². The van der Waals surface area contributed by atoms with Gasteiger partial charge in [-0.2, -0.15) is 0 Å². The highest BCUT2D eigenvalue weighted by Gasteiger charge is 2.34. The van der Waals surface area contributed by atoms with Crippen LogP contribution in [0.2, 0.25) is 0 Å². The molecule has 40 heavy (non-hydrogen) atoms. The predicted molar refractivity (Wildman–Crippen MR) is 147 cm³/mol. The second kappa shape index (κ2) is 16.1. The lowest BCUT2D eigenvalue weighted by molar-refractivity contribution is -0.154. The number of ether oxygens (including phenoxy) is 5. The van der Waals surface area contributed by atoms with Crippen molar-refractivity contribution in [2.24, 2.45) is 17.1 Å². The van der Waals surface area contributed by atoms with Gasteiger partial charge in [-0.15, -0.1) is 0 Å². The van der Waals surface area contributed by atoms with Crippen molar-refractivity contribution in [3.63, 3.8) is 0 Å². The molecule has 0 spiro atoms. The SMILES string of the molecule is CCCC(C)OC(=O)Oc1ccc(C(C(C)COC(=O)C(C)(C)C)[C@H](N)C(=O)O)cc1OC(=O)OC(C)CCC. The number of esters is 1. The molecule has 4 unspecified atom stereocenters. The number of aliphatic carboxylic acids is 1. The molecule has 0 aliphatic carbocycles. The van der Waals surface area contributed by atoms with Gasteiger partial charge in [0.1, 0.15) is 18.2 Å². The van der Waals surface area contributed by atoms with Crippen molar-refractivity contribution >= 4 is 24.2 Å². The lowest BCUT2D eigenvalue weighted by Crippen LogP contribution is -2.41. The second-order valence-electron chi connectivity index (χ2n) is 11.1. The third-order valence-corrected chi connectivity index (χ3v) is 6.10. The quantitative estimate of drug-likeness (QED) is 0.158.